The first-order valence-corrected chi connectivity index (χ1v) is 10.0. The van der Waals surface area contributed by atoms with Crippen molar-refractivity contribution >= 4 is 17.7 Å². The Hall–Kier alpha value is -3.44. The average molecular weight is 465 g/mol. The van der Waals surface area contributed by atoms with Gasteiger partial charge < -0.3 is 16.0 Å². The summed E-state index contributed by atoms with van der Waals surface area (Å²) in [6, 6.07) is 8.74. The fraction of sp³-hybridized carbons (Fsp3) is 0.318. The number of benzene rings is 2. The Kier molecular flexibility index (Phi) is 8.94. The molecule has 0 unspecified atom stereocenters. The molecule has 0 radical (unpaired) electrons. The molecule has 0 saturated carbocycles. The van der Waals surface area contributed by atoms with Crippen LogP contribution in [0.4, 0.5) is 13.2 Å². The molecule has 0 bridgehead atoms. The van der Waals surface area contributed by atoms with Crippen LogP contribution >= 0.6 is 0 Å². The van der Waals surface area contributed by atoms with Gasteiger partial charge in [0.15, 0.2) is 0 Å². The first-order chi connectivity index (χ1) is 15.5. The van der Waals surface area contributed by atoms with Gasteiger partial charge in [-0.3, -0.25) is 19.8 Å². The van der Waals surface area contributed by atoms with Gasteiger partial charge in [0.25, 0.3) is 11.8 Å². The maximum atomic E-state index is 12.8. The SMILES string of the molecule is Cc1ccc(CNC[C@H](NC(=O)CNC(=O)c2cccc(C(F)(F)F)c2)C(=O)NN)c(C)c1. The third-order valence-corrected chi connectivity index (χ3v) is 4.82. The van der Waals surface area contributed by atoms with E-state index >= 15 is 0 Å². The van der Waals surface area contributed by atoms with Crippen molar-refractivity contribution in [2.75, 3.05) is 13.1 Å². The van der Waals surface area contributed by atoms with E-state index in [0.29, 0.717) is 12.6 Å². The topological polar surface area (TPSA) is 125 Å². The molecule has 8 nitrogen and oxygen atoms in total. The van der Waals surface area contributed by atoms with Crippen molar-refractivity contribution in [1.29, 1.82) is 0 Å². The number of halogens is 3. The Balaban J connectivity index is 1.90. The second kappa shape index (κ2) is 11.4. The third kappa shape index (κ3) is 7.88. The van der Waals surface area contributed by atoms with Gasteiger partial charge >= 0.3 is 6.18 Å². The van der Waals surface area contributed by atoms with E-state index in [1.54, 1.807) is 0 Å². The highest BCUT2D eigenvalue weighted by Crippen LogP contribution is 2.29. The first kappa shape index (κ1) is 25.8. The molecule has 0 heterocycles. The minimum atomic E-state index is -4.60. The van der Waals surface area contributed by atoms with Crippen LogP contribution in [0.3, 0.4) is 0 Å². The lowest BCUT2D eigenvalue weighted by Crippen LogP contribution is -2.55. The number of alkyl halides is 3. The van der Waals surface area contributed by atoms with Gasteiger partial charge in [0, 0.05) is 18.7 Å². The smallest absolute Gasteiger partial charge is 0.343 e. The minimum absolute atomic E-state index is 0.0592. The summed E-state index contributed by atoms with van der Waals surface area (Å²) in [5.74, 6) is 2.96. The van der Waals surface area contributed by atoms with Crippen LogP contribution in [0.25, 0.3) is 0 Å². The number of hydrazine groups is 1. The maximum absolute atomic E-state index is 12.8. The fourth-order valence-corrected chi connectivity index (χ4v) is 3.05. The average Bonchev–Trinajstić information content (AvgIpc) is 2.77. The summed E-state index contributed by atoms with van der Waals surface area (Å²) in [7, 11) is 0. The van der Waals surface area contributed by atoms with Gasteiger partial charge in [-0.1, -0.05) is 29.8 Å². The first-order valence-electron chi connectivity index (χ1n) is 10.0. The van der Waals surface area contributed by atoms with Crippen LogP contribution in [0.2, 0.25) is 0 Å². The van der Waals surface area contributed by atoms with E-state index in [4.69, 9.17) is 5.84 Å². The molecule has 0 fully saturated rings. The zero-order valence-electron chi connectivity index (χ0n) is 18.2. The van der Waals surface area contributed by atoms with Crippen molar-refractivity contribution in [3.05, 3.63) is 70.3 Å². The lowest BCUT2D eigenvalue weighted by atomic mass is 10.1. The van der Waals surface area contributed by atoms with Crippen LogP contribution in [0.15, 0.2) is 42.5 Å². The number of rotatable bonds is 9. The van der Waals surface area contributed by atoms with Crippen LogP contribution in [-0.4, -0.2) is 36.9 Å². The lowest BCUT2D eigenvalue weighted by molar-refractivity contribution is -0.137. The van der Waals surface area contributed by atoms with Crippen molar-refractivity contribution < 1.29 is 27.6 Å². The Bertz CT molecular complexity index is 1010. The van der Waals surface area contributed by atoms with E-state index in [-0.39, 0.29) is 12.1 Å². The molecule has 2 aromatic rings. The van der Waals surface area contributed by atoms with Crippen LogP contribution in [0.5, 0.6) is 0 Å². The largest absolute Gasteiger partial charge is 0.416 e. The second-order valence-corrected chi connectivity index (χ2v) is 7.45. The number of nitrogens with two attached hydrogens (primary N) is 1. The van der Waals surface area contributed by atoms with Gasteiger partial charge in [0.05, 0.1) is 12.1 Å². The molecule has 0 aliphatic carbocycles. The molecule has 33 heavy (non-hydrogen) atoms. The van der Waals surface area contributed by atoms with E-state index < -0.39 is 42.0 Å². The van der Waals surface area contributed by atoms with E-state index in [1.165, 1.54) is 6.07 Å². The number of hydrogen-bond donors (Lipinski definition) is 5. The van der Waals surface area contributed by atoms with Crippen LogP contribution in [-0.2, 0) is 22.3 Å². The number of carbonyl (C=O) groups is 3. The van der Waals surface area contributed by atoms with Crippen molar-refractivity contribution in [2.24, 2.45) is 5.84 Å². The second-order valence-electron chi connectivity index (χ2n) is 7.45. The van der Waals surface area contributed by atoms with Crippen LogP contribution in [0, 0.1) is 13.8 Å². The van der Waals surface area contributed by atoms with Crippen molar-refractivity contribution in [3.8, 4) is 0 Å². The number of amides is 3. The quantitative estimate of drug-likeness (QED) is 0.217. The summed E-state index contributed by atoms with van der Waals surface area (Å²) in [6.45, 7) is 3.91. The molecule has 178 valence electrons. The minimum Gasteiger partial charge on any atom is -0.343 e. The highest BCUT2D eigenvalue weighted by Gasteiger charge is 2.31. The van der Waals surface area contributed by atoms with Gasteiger partial charge in [0.2, 0.25) is 5.91 Å². The monoisotopic (exact) mass is 465 g/mol. The predicted octanol–water partition coefficient (Wildman–Crippen LogP) is 1.32. The van der Waals surface area contributed by atoms with Gasteiger partial charge in [-0.15, -0.1) is 0 Å². The number of hydrogen-bond acceptors (Lipinski definition) is 5. The molecule has 0 aromatic heterocycles. The van der Waals surface area contributed by atoms with Crippen molar-refractivity contribution in [2.45, 2.75) is 32.6 Å². The molecular formula is C22H26F3N5O3. The fourth-order valence-electron chi connectivity index (χ4n) is 3.05. The summed E-state index contributed by atoms with van der Waals surface area (Å²) < 4.78 is 38.4. The molecule has 2 aromatic carbocycles. The van der Waals surface area contributed by atoms with Gasteiger partial charge in [-0.25, -0.2) is 5.84 Å². The van der Waals surface area contributed by atoms with E-state index in [9.17, 15) is 27.6 Å². The summed E-state index contributed by atoms with van der Waals surface area (Å²) >= 11 is 0. The molecule has 3 amide bonds. The van der Waals surface area contributed by atoms with E-state index in [0.717, 1.165) is 28.8 Å². The van der Waals surface area contributed by atoms with E-state index in [2.05, 4.69) is 16.0 Å². The maximum Gasteiger partial charge on any atom is 0.416 e. The predicted molar refractivity (Wildman–Crippen MR) is 116 cm³/mol. The van der Waals surface area contributed by atoms with Crippen LogP contribution in [0.1, 0.15) is 32.6 Å². The summed E-state index contributed by atoms with van der Waals surface area (Å²) in [5.41, 5.74) is 3.95. The standard InChI is InChI=1S/C22H26F3N5O3/c1-13-6-7-16(14(2)8-13)10-27-11-18(21(33)30-26)29-19(31)12-28-20(32)15-4-3-5-17(9-15)22(23,24)25/h3-9,18,27H,10-12,26H2,1-2H3,(H,28,32)(H,29,31)(H,30,33)/t18-/m0/s1. The number of nitrogens with one attached hydrogen (secondary N) is 4. The number of carbonyl (C=O) groups excluding carboxylic acids is 3. The Morgan fingerprint density at radius 2 is 1.79 bits per heavy atom. The molecule has 2 rings (SSSR count). The third-order valence-electron chi connectivity index (χ3n) is 4.82. The van der Waals surface area contributed by atoms with E-state index in [1.807, 2.05) is 37.5 Å². The normalized spacial score (nSPS) is 12.1. The molecule has 0 saturated heterocycles. The molecular weight excluding hydrogens is 439 g/mol. The summed E-state index contributed by atoms with van der Waals surface area (Å²) in [5, 5.41) is 7.73. The highest BCUT2D eigenvalue weighted by molar-refractivity contribution is 5.97. The highest BCUT2D eigenvalue weighted by atomic mass is 19.4. The molecule has 0 aliphatic heterocycles. The van der Waals surface area contributed by atoms with Crippen LogP contribution < -0.4 is 27.2 Å². The molecule has 6 N–H and O–H groups in total. The molecule has 1 atom stereocenters. The Morgan fingerprint density at radius 3 is 2.42 bits per heavy atom. The van der Waals surface area contributed by atoms with Crippen molar-refractivity contribution in [1.82, 2.24) is 21.4 Å². The van der Waals surface area contributed by atoms with Gasteiger partial charge in [0.1, 0.15) is 6.04 Å². The zero-order chi connectivity index (χ0) is 24.6. The molecule has 11 heteroatoms. The molecule has 0 aliphatic rings. The van der Waals surface area contributed by atoms with Gasteiger partial charge in [-0.05, 0) is 43.2 Å². The Morgan fingerprint density at radius 1 is 1.06 bits per heavy atom. The Labute approximate surface area is 189 Å². The summed E-state index contributed by atoms with van der Waals surface area (Å²) in [6.07, 6.45) is -4.60. The summed E-state index contributed by atoms with van der Waals surface area (Å²) in [4.78, 5) is 36.3. The zero-order valence-corrected chi connectivity index (χ0v) is 18.2. The number of aryl methyl sites for hydroxylation is 2. The van der Waals surface area contributed by atoms with Crippen molar-refractivity contribution in [3.63, 3.8) is 0 Å². The lowest BCUT2D eigenvalue weighted by Gasteiger charge is -2.18. The molecule has 0 spiro atoms. The van der Waals surface area contributed by atoms with Gasteiger partial charge in [-0.2, -0.15) is 13.2 Å².